The van der Waals surface area contributed by atoms with Gasteiger partial charge in [-0.2, -0.15) is 0 Å². The van der Waals surface area contributed by atoms with Gasteiger partial charge in [-0.3, -0.25) is 0 Å². The Morgan fingerprint density at radius 3 is 2.67 bits per heavy atom. The number of aromatic nitrogens is 1. The largest absolute Gasteiger partial charge is 0.372 e. The minimum atomic E-state index is -3.47. The van der Waals surface area contributed by atoms with Crippen molar-refractivity contribution in [3.8, 4) is 0 Å². The zero-order valence-electron chi connectivity index (χ0n) is 11.3. The molecule has 0 aliphatic rings. The maximum atomic E-state index is 12.4. The molecule has 0 aromatic carbocycles. The van der Waals surface area contributed by atoms with Gasteiger partial charge in [0.25, 0.3) is 0 Å². The number of sulfonamides is 1. The zero-order chi connectivity index (χ0) is 13.8. The molecule has 18 heavy (non-hydrogen) atoms. The van der Waals surface area contributed by atoms with Gasteiger partial charge in [0.1, 0.15) is 10.7 Å². The predicted molar refractivity (Wildman–Crippen MR) is 73.1 cm³/mol. The molecule has 0 aliphatic carbocycles. The highest BCUT2D eigenvalue weighted by atomic mass is 32.2. The van der Waals surface area contributed by atoms with E-state index in [4.69, 9.17) is 0 Å². The van der Waals surface area contributed by atoms with Gasteiger partial charge in [0.2, 0.25) is 10.0 Å². The van der Waals surface area contributed by atoms with E-state index in [1.807, 2.05) is 0 Å². The van der Waals surface area contributed by atoms with E-state index in [0.717, 1.165) is 6.42 Å². The summed E-state index contributed by atoms with van der Waals surface area (Å²) >= 11 is 0. The number of anilines is 1. The molecule has 0 saturated heterocycles. The molecule has 102 valence electrons. The molecule has 1 aromatic heterocycles. The van der Waals surface area contributed by atoms with Crippen molar-refractivity contribution in [3.05, 3.63) is 18.3 Å². The van der Waals surface area contributed by atoms with Crippen molar-refractivity contribution in [2.24, 2.45) is 5.92 Å². The number of pyridine rings is 1. The summed E-state index contributed by atoms with van der Waals surface area (Å²) in [6.07, 6.45) is 2.41. The first-order valence-electron chi connectivity index (χ1n) is 5.98. The fourth-order valence-corrected chi connectivity index (χ4v) is 2.85. The van der Waals surface area contributed by atoms with Crippen LogP contribution in [0.25, 0.3) is 0 Å². The van der Waals surface area contributed by atoms with Crippen LogP contribution in [0.4, 0.5) is 5.82 Å². The van der Waals surface area contributed by atoms with Gasteiger partial charge in [-0.25, -0.2) is 17.7 Å². The van der Waals surface area contributed by atoms with Crippen LogP contribution in [-0.2, 0) is 10.0 Å². The predicted octanol–water partition coefficient (Wildman–Crippen LogP) is 1.79. The molecule has 0 spiro atoms. The Morgan fingerprint density at radius 1 is 1.44 bits per heavy atom. The lowest BCUT2D eigenvalue weighted by molar-refractivity contribution is 0.428. The minimum Gasteiger partial charge on any atom is -0.372 e. The molecule has 0 atom stereocenters. The van der Waals surface area contributed by atoms with Gasteiger partial charge in [0.05, 0.1) is 0 Å². The number of nitrogens with zero attached hydrogens (tertiary/aromatic N) is 2. The molecule has 1 aromatic rings. The van der Waals surface area contributed by atoms with Crippen molar-refractivity contribution in [1.29, 1.82) is 0 Å². The van der Waals surface area contributed by atoms with Gasteiger partial charge in [-0.15, -0.1) is 0 Å². The molecule has 0 aliphatic heterocycles. The molecule has 0 saturated carbocycles. The Balaban J connectivity index is 2.98. The first-order chi connectivity index (χ1) is 8.39. The molecule has 1 N–H and O–H groups in total. The number of rotatable bonds is 6. The second-order valence-corrected chi connectivity index (χ2v) is 6.62. The van der Waals surface area contributed by atoms with Gasteiger partial charge in [0.15, 0.2) is 0 Å². The summed E-state index contributed by atoms with van der Waals surface area (Å²) in [5.74, 6) is 0.856. The highest BCUT2D eigenvalue weighted by molar-refractivity contribution is 7.89. The maximum Gasteiger partial charge on any atom is 0.246 e. The summed E-state index contributed by atoms with van der Waals surface area (Å²) in [5, 5.41) is 2.80. The van der Waals surface area contributed by atoms with E-state index in [2.05, 4.69) is 24.1 Å². The second-order valence-electron chi connectivity index (χ2n) is 4.61. The van der Waals surface area contributed by atoms with Gasteiger partial charge in [0, 0.05) is 26.8 Å². The van der Waals surface area contributed by atoms with E-state index < -0.39 is 10.0 Å². The summed E-state index contributed by atoms with van der Waals surface area (Å²) in [7, 11) is -0.206. The second kappa shape index (κ2) is 6.15. The van der Waals surface area contributed by atoms with Gasteiger partial charge in [-0.1, -0.05) is 13.8 Å². The molecule has 0 radical (unpaired) electrons. The third kappa shape index (κ3) is 3.43. The molecule has 0 fully saturated rings. The van der Waals surface area contributed by atoms with Crippen LogP contribution in [0.1, 0.15) is 20.3 Å². The Kier molecular flexibility index (Phi) is 5.10. The monoisotopic (exact) mass is 271 g/mol. The van der Waals surface area contributed by atoms with Gasteiger partial charge < -0.3 is 5.32 Å². The van der Waals surface area contributed by atoms with E-state index in [0.29, 0.717) is 18.3 Å². The Bertz CT molecular complexity index is 486. The van der Waals surface area contributed by atoms with Crippen molar-refractivity contribution in [1.82, 2.24) is 9.29 Å². The average Bonchev–Trinajstić information content (AvgIpc) is 2.35. The van der Waals surface area contributed by atoms with Crippen molar-refractivity contribution in [3.63, 3.8) is 0 Å². The van der Waals surface area contributed by atoms with Crippen molar-refractivity contribution < 1.29 is 8.42 Å². The first kappa shape index (κ1) is 14.9. The Labute approximate surface area is 109 Å². The molecule has 0 unspecified atom stereocenters. The van der Waals surface area contributed by atoms with E-state index in [1.165, 1.54) is 4.31 Å². The van der Waals surface area contributed by atoms with E-state index in [9.17, 15) is 8.42 Å². The highest BCUT2D eigenvalue weighted by Crippen LogP contribution is 2.21. The molecule has 1 rings (SSSR count). The minimum absolute atomic E-state index is 0.221. The third-order valence-corrected chi connectivity index (χ3v) is 4.61. The summed E-state index contributed by atoms with van der Waals surface area (Å²) < 4.78 is 26.1. The number of nitrogens with one attached hydrogen (secondary N) is 1. The SMILES string of the molecule is CNc1ncccc1S(=O)(=O)N(C)CCC(C)C. The van der Waals surface area contributed by atoms with Crippen LogP contribution in [-0.4, -0.2) is 38.3 Å². The maximum absolute atomic E-state index is 12.4. The highest BCUT2D eigenvalue weighted by Gasteiger charge is 2.24. The van der Waals surface area contributed by atoms with Gasteiger partial charge in [-0.05, 0) is 24.5 Å². The van der Waals surface area contributed by atoms with Crippen molar-refractivity contribution in [2.45, 2.75) is 25.2 Å². The molecular weight excluding hydrogens is 250 g/mol. The molecule has 0 amide bonds. The normalized spacial score (nSPS) is 12.1. The molecule has 0 bridgehead atoms. The topological polar surface area (TPSA) is 62.3 Å². The summed E-state index contributed by atoms with van der Waals surface area (Å²) in [5.41, 5.74) is 0. The lowest BCUT2D eigenvalue weighted by Crippen LogP contribution is -2.29. The van der Waals surface area contributed by atoms with Crippen LogP contribution in [0.3, 0.4) is 0 Å². The van der Waals surface area contributed by atoms with Crippen LogP contribution in [0.15, 0.2) is 23.2 Å². The lowest BCUT2D eigenvalue weighted by Gasteiger charge is -2.19. The quantitative estimate of drug-likeness (QED) is 0.857. The van der Waals surface area contributed by atoms with E-state index in [-0.39, 0.29) is 4.90 Å². The van der Waals surface area contributed by atoms with Gasteiger partial charge >= 0.3 is 0 Å². The molecule has 6 heteroatoms. The molecule has 1 heterocycles. The molecule has 5 nitrogen and oxygen atoms in total. The van der Waals surface area contributed by atoms with E-state index in [1.54, 1.807) is 32.4 Å². The fourth-order valence-electron chi connectivity index (χ4n) is 1.51. The van der Waals surface area contributed by atoms with Crippen LogP contribution in [0.5, 0.6) is 0 Å². The summed E-state index contributed by atoms with van der Waals surface area (Å²) in [6.45, 7) is 4.66. The molecular formula is C12H21N3O2S. The number of hydrogen-bond acceptors (Lipinski definition) is 4. The average molecular weight is 271 g/mol. The van der Waals surface area contributed by atoms with Crippen LogP contribution in [0.2, 0.25) is 0 Å². The van der Waals surface area contributed by atoms with Crippen molar-refractivity contribution in [2.75, 3.05) is 26.0 Å². The first-order valence-corrected chi connectivity index (χ1v) is 7.42. The fraction of sp³-hybridized carbons (Fsp3) is 0.583. The van der Waals surface area contributed by atoms with Crippen molar-refractivity contribution >= 4 is 15.8 Å². The van der Waals surface area contributed by atoms with E-state index >= 15 is 0 Å². The smallest absolute Gasteiger partial charge is 0.246 e. The summed E-state index contributed by atoms with van der Waals surface area (Å²) in [4.78, 5) is 4.25. The number of hydrogen-bond donors (Lipinski definition) is 1. The van der Waals surface area contributed by atoms with Crippen LogP contribution < -0.4 is 5.32 Å². The zero-order valence-corrected chi connectivity index (χ0v) is 12.2. The Morgan fingerprint density at radius 2 is 2.11 bits per heavy atom. The van der Waals surface area contributed by atoms with Crippen LogP contribution >= 0.6 is 0 Å². The standard InChI is InChI=1S/C12H21N3O2S/c1-10(2)7-9-15(4)18(16,17)11-6-5-8-14-12(11)13-3/h5-6,8,10H,7,9H2,1-4H3,(H,13,14). The summed E-state index contributed by atoms with van der Waals surface area (Å²) in [6, 6.07) is 3.20. The lowest BCUT2D eigenvalue weighted by atomic mass is 10.1. The Hall–Kier alpha value is -1.14. The van der Waals surface area contributed by atoms with Crippen LogP contribution in [0, 0.1) is 5.92 Å². The third-order valence-electron chi connectivity index (χ3n) is 2.72.